The molecule has 124 valence electrons. The Morgan fingerprint density at radius 1 is 1.12 bits per heavy atom. The predicted molar refractivity (Wildman–Crippen MR) is 91.3 cm³/mol. The van der Waals surface area contributed by atoms with Crippen molar-refractivity contribution in [2.75, 3.05) is 38.2 Å². The number of hydrogen-bond donors (Lipinski definition) is 0. The molecule has 0 saturated carbocycles. The maximum atomic E-state index is 5.18. The fraction of sp³-hybridized carbons (Fsp3) is 0.353. The van der Waals surface area contributed by atoms with Crippen molar-refractivity contribution in [1.29, 1.82) is 0 Å². The topological polar surface area (TPSA) is 58.8 Å². The molecule has 0 unspecified atom stereocenters. The van der Waals surface area contributed by atoms with Crippen molar-refractivity contribution in [1.82, 2.24) is 24.3 Å². The van der Waals surface area contributed by atoms with Gasteiger partial charge >= 0.3 is 0 Å². The van der Waals surface area contributed by atoms with E-state index in [1.807, 2.05) is 30.5 Å². The third kappa shape index (κ3) is 3.03. The van der Waals surface area contributed by atoms with E-state index in [1.54, 1.807) is 13.4 Å². The van der Waals surface area contributed by atoms with Gasteiger partial charge in [-0.25, -0.2) is 15.0 Å². The molecule has 3 aromatic rings. The van der Waals surface area contributed by atoms with Crippen molar-refractivity contribution in [3.05, 3.63) is 48.7 Å². The Labute approximate surface area is 140 Å². The van der Waals surface area contributed by atoms with Crippen LogP contribution in [0.1, 0.15) is 5.69 Å². The minimum Gasteiger partial charge on any atom is -0.481 e. The first kappa shape index (κ1) is 14.9. The molecule has 7 heteroatoms. The van der Waals surface area contributed by atoms with E-state index in [-0.39, 0.29) is 0 Å². The number of pyridine rings is 1. The summed E-state index contributed by atoms with van der Waals surface area (Å²) in [6.07, 6.45) is 5.69. The van der Waals surface area contributed by atoms with Gasteiger partial charge in [0.1, 0.15) is 17.8 Å². The van der Waals surface area contributed by atoms with Gasteiger partial charge in [-0.1, -0.05) is 6.07 Å². The minimum atomic E-state index is 0.604. The first-order valence-corrected chi connectivity index (χ1v) is 8.08. The molecule has 1 aliphatic heterocycles. The standard InChI is InChI=1S/C17H20N6O/c1-24-17-10-16(18-13-19-17)22-8-6-21(7-9-22)11-14-12-23-5-3-2-4-15(23)20-14/h2-5,10,12-13H,6-9,11H2,1H3. The van der Waals surface area contributed by atoms with Gasteiger partial charge in [0.15, 0.2) is 0 Å². The Bertz CT molecular complexity index is 792. The van der Waals surface area contributed by atoms with E-state index in [9.17, 15) is 0 Å². The number of nitrogens with zero attached hydrogens (tertiary/aromatic N) is 6. The highest BCUT2D eigenvalue weighted by molar-refractivity contribution is 5.41. The lowest BCUT2D eigenvalue weighted by Crippen LogP contribution is -2.46. The number of fused-ring (bicyclic) bond motifs is 1. The highest BCUT2D eigenvalue weighted by Gasteiger charge is 2.19. The summed E-state index contributed by atoms with van der Waals surface area (Å²) >= 11 is 0. The number of piperazine rings is 1. The molecule has 0 radical (unpaired) electrons. The molecule has 0 atom stereocenters. The lowest BCUT2D eigenvalue weighted by atomic mass is 10.3. The fourth-order valence-electron chi connectivity index (χ4n) is 3.04. The summed E-state index contributed by atoms with van der Waals surface area (Å²) in [4.78, 5) is 17.8. The van der Waals surface area contributed by atoms with Crippen molar-refractivity contribution in [2.45, 2.75) is 6.54 Å². The maximum absolute atomic E-state index is 5.18. The summed E-state index contributed by atoms with van der Waals surface area (Å²) in [7, 11) is 1.62. The smallest absolute Gasteiger partial charge is 0.218 e. The Hall–Kier alpha value is -2.67. The van der Waals surface area contributed by atoms with Gasteiger partial charge in [-0.15, -0.1) is 0 Å². The van der Waals surface area contributed by atoms with Crippen molar-refractivity contribution in [3.63, 3.8) is 0 Å². The average Bonchev–Trinajstić information content (AvgIpc) is 3.04. The van der Waals surface area contributed by atoms with Crippen molar-refractivity contribution in [3.8, 4) is 5.88 Å². The van der Waals surface area contributed by atoms with Gasteiger partial charge in [0.2, 0.25) is 5.88 Å². The van der Waals surface area contributed by atoms with Crippen LogP contribution >= 0.6 is 0 Å². The number of imidazole rings is 1. The van der Waals surface area contributed by atoms with Crippen LogP contribution in [0.2, 0.25) is 0 Å². The second-order valence-corrected chi connectivity index (χ2v) is 5.88. The lowest BCUT2D eigenvalue weighted by Gasteiger charge is -2.34. The van der Waals surface area contributed by atoms with Crippen LogP contribution in [0.4, 0.5) is 5.82 Å². The number of ether oxygens (including phenoxy) is 1. The van der Waals surface area contributed by atoms with Crippen LogP contribution in [0.5, 0.6) is 5.88 Å². The van der Waals surface area contributed by atoms with Crippen LogP contribution in [0, 0.1) is 0 Å². The van der Waals surface area contributed by atoms with E-state index < -0.39 is 0 Å². The van der Waals surface area contributed by atoms with E-state index in [2.05, 4.69) is 35.3 Å². The summed E-state index contributed by atoms with van der Waals surface area (Å²) < 4.78 is 7.24. The van der Waals surface area contributed by atoms with E-state index in [0.29, 0.717) is 5.88 Å². The summed E-state index contributed by atoms with van der Waals surface area (Å²) in [6.45, 7) is 4.73. The summed E-state index contributed by atoms with van der Waals surface area (Å²) in [5.74, 6) is 1.53. The Morgan fingerprint density at radius 3 is 2.79 bits per heavy atom. The highest BCUT2D eigenvalue weighted by atomic mass is 16.5. The second kappa shape index (κ2) is 6.45. The highest BCUT2D eigenvalue weighted by Crippen LogP contribution is 2.18. The molecule has 0 spiro atoms. The zero-order chi connectivity index (χ0) is 16.4. The Morgan fingerprint density at radius 2 is 2.00 bits per heavy atom. The molecule has 0 aliphatic carbocycles. The zero-order valence-electron chi connectivity index (χ0n) is 13.7. The molecule has 24 heavy (non-hydrogen) atoms. The van der Waals surface area contributed by atoms with Gasteiger partial charge in [0, 0.05) is 51.2 Å². The quantitative estimate of drug-likeness (QED) is 0.724. The third-order valence-corrected chi connectivity index (χ3v) is 4.33. The van der Waals surface area contributed by atoms with Crippen LogP contribution in [0.25, 0.3) is 5.65 Å². The third-order valence-electron chi connectivity index (χ3n) is 4.33. The van der Waals surface area contributed by atoms with E-state index in [0.717, 1.165) is 49.9 Å². The zero-order valence-corrected chi connectivity index (χ0v) is 13.7. The van der Waals surface area contributed by atoms with Crippen LogP contribution in [-0.4, -0.2) is 57.5 Å². The van der Waals surface area contributed by atoms with Crippen LogP contribution in [-0.2, 0) is 6.54 Å². The molecule has 0 N–H and O–H groups in total. The summed E-state index contributed by atoms with van der Waals surface area (Å²) in [5, 5.41) is 0. The van der Waals surface area contributed by atoms with E-state index >= 15 is 0 Å². The van der Waals surface area contributed by atoms with Gasteiger partial charge in [0.05, 0.1) is 12.8 Å². The van der Waals surface area contributed by atoms with Gasteiger partial charge < -0.3 is 14.0 Å². The summed E-state index contributed by atoms with van der Waals surface area (Å²) in [6, 6.07) is 7.95. The van der Waals surface area contributed by atoms with Gasteiger partial charge in [-0.3, -0.25) is 4.90 Å². The van der Waals surface area contributed by atoms with Crippen LogP contribution < -0.4 is 9.64 Å². The second-order valence-electron chi connectivity index (χ2n) is 5.88. The molecule has 0 bridgehead atoms. The van der Waals surface area contributed by atoms with Gasteiger partial charge in [0.25, 0.3) is 0 Å². The Kier molecular flexibility index (Phi) is 4.00. The molecule has 3 aromatic heterocycles. The largest absolute Gasteiger partial charge is 0.481 e. The van der Waals surface area contributed by atoms with E-state index in [1.165, 1.54) is 0 Å². The van der Waals surface area contributed by atoms with Crippen molar-refractivity contribution < 1.29 is 4.74 Å². The molecular weight excluding hydrogens is 304 g/mol. The average molecular weight is 324 g/mol. The predicted octanol–water partition coefficient (Wildman–Crippen LogP) is 1.46. The van der Waals surface area contributed by atoms with E-state index in [4.69, 9.17) is 4.74 Å². The normalized spacial score (nSPS) is 15.8. The minimum absolute atomic E-state index is 0.604. The Balaban J connectivity index is 1.38. The summed E-state index contributed by atoms with van der Waals surface area (Å²) in [5.41, 5.74) is 2.11. The molecule has 4 rings (SSSR count). The number of rotatable bonds is 4. The number of aromatic nitrogens is 4. The fourth-order valence-corrected chi connectivity index (χ4v) is 3.04. The first-order valence-electron chi connectivity index (χ1n) is 8.08. The molecule has 1 aliphatic rings. The SMILES string of the molecule is COc1cc(N2CCN(Cc3cn4ccccc4n3)CC2)ncn1. The van der Waals surface area contributed by atoms with Crippen molar-refractivity contribution >= 4 is 11.5 Å². The van der Waals surface area contributed by atoms with Gasteiger partial charge in [-0.2, -0.15) is 0 Å². The molecule has 7 nitrogen and oxygen atoms in total. The molecular formula is C17H20N6O. The molecule has 1 fully saturated rings. The number of methoxy groups -OCH3 is 1. The number of anilines is 1. The van der Waals surface area contributed by atoms with Crippen LogP contribution in [0.15, 0.2) is 43.0 Å². The first-order chi connectivity index (χ1) is 11.8. The monoisotopic (exact) mass is 324 g/mol. The van der Waals surface area contributed by atoms with Crippen LogP contribution in [0.3, 0.4) is 0 Å². The lowest BCUT2D eigenvalue weighted by molar-refractivity contribution is 0.247. The number of hydrogen-bond acceptors (Lipinski definition) is 6. The molecule has 0 aromatic carbocycles. The maximum Gasteiger partial charge on any atom is 0.218 e. The molecule has 1 saturated heterocycles. The van der Waals surface area contributed by atoms with Gasteiger partial charge in [-0.05, 0) is 12.1 Å². The van der Waals surface area contributed by atoms with Crippen molar-refractivity contribution in [2.24, 2.45) is 0 Å². The molecule has 0 amide bonds. The molecule has 4 heterocycles.